The van der Waals surface area contributed by atoms with Gasteiger partial charge in [0.2, 0.25) is 5.91 Å². The number of amides is 2. The van der Waals surface area contributed by atoms with Crippen LogP contribution in [0.3, 0.4) is 0 Å². The van der Waals surface area contributed by atoms with E-state index in [1.807, 2.05) is 68.4 Å². The van der Waals surface area contributed by atoms with Crippen molar-refractivity contribution in [2.24, 2.45) is 0 Å². The smallest absolute Gasteiger partial charge is 0.261 e. The van der Waals surface area contributed by atoms with Gasteiger partial charge in [-0.15, -0.1) is 0 Å². The molecule has 3 rings (SSSR count). The summed E-state index contributed by atoms with van der Waals surface area (Å²) in [6, 6.07) is 17.1. The van der Waals surface area contributed by atoms with Gasteiger partial charge < -0.3 is 15.0 Å². The first-order valence-electron chi connectivity index (χ1n) is 10.9. The number of nitrogens with one attached hydrogen (secondary N) is 1. The van der Waals surface area contributed by atoms with E-state index in [-0.39, 0.29) is 24.5 Å². The Kier molecular flexibility index (Phi) is 7.89. The number of rotatable bonds is 9. The lowest BCUT2D eigenvalue weighted by molar-refractivity contribution is -0.143. The zero-order valence-electron chi connectivity index (χ0n) is 18.0. The summed E-state index contributed by atoms with van der Waals surface area (Å²) in [6.45, 7) is 4.22. The van der Waals surface area contributed by atoms with Crippen LogP contribution in [0.15, 0.2) is 54.6 Å². The molecule has 0 heterocycles. The van der Waals surface area contributed by atoms with Crippen LogP contribution in [0.1, 0.15) is 50.2 Å². The number of hydrogen-bond acceptors (Lipinski definition) is 3. The first kappa shape index (κ1) is 21.9. The molecule has 0 aromatic heterocycles. The molecule has 1 aliphatic carbocycles. The van der Waals surface area contributed by atoms with Crippen LogP contribution in [0.25, 0.3) is 0 Å². The van der Waals surface area contributed by atoms with Gasteiger partial charge >= 0.3 is 0 Å². The Hall–Kier alpha value is -2.82. The lowest BCUT2D eigenvalue weighted by atomic mass is 10.1. The number of carbonyl (C=O) groups is 2. The van der Waals surface area contributed by atoms with Crippen LogP contribution in [-0.2, 0) is 16.1 Å². The zero-order chi connectivity index (χ0) is 21.3. The molecular weight excluding hydrogens is 376 g/mol. The largest absolute Gasteiger partial charge is 0.484 e. The SMILES string of the molecule is CC[C@@H](C(=O)NC1CCCC1)N(Cc1ccccc1)C(=O)COc1cccc(C)c1. The van der Waals surface area contributed by atoms with Crippen LogP contribution < -0.4 is 10.1 Å². The summed E-state index contributed by atoms with van der Waals surface area (Å²) in [7, 11) is 0. The number of hydrogen-bond donors (Lipinski definition) is 1. The summed E-state index contributed by atoms with van der Waals surface area (Å²) < 4.78 is 5.75. The van der Waals surface area contributed by atoms with Crippen molar-refractivity contribution in [3.63, 3.8) is 0 Å². The zero-order valence-corrected chi connectivity index (χ0v) is 18.0. The first-order valence-corrected chi connectivity index (χ1v) is 10.9. The van der Waals surface area contributed by atoms with Gasteiger partial charge in [-0.1, -0.05) is 62.2 Å². The van der Waals surface area contributed by atoms with Crippen LogP contribution >= 0.6 is 0 Å². The maximum absolute atomic E-state index is 13.2. The van der Waals surface area contributed by atoms with Crippen molar-refractivity contribution >= 4 is 11.8 Å². The molecule has 2 aromatic carbocycles. The number of ether oxygens (including phenoxy) is 1. The maximum Gasteiger partial charge on any atom is 0.261 e. The molecule has 2 aromatic rings. The van der Waals surface area contributed by atoms with E-state index in [1.165, 1.54) is 0 Å². The lowest BCUT2D eigenvalue weighted by Gasteiger charge is -2.31. The van der Waals surface area contributed by atoms with Crippen molar-refractivity contribution in [2.75, 3.05) is 6.61 Å². The van der Waals surface area contributed by atoms with E-state index in [0.29, 0.717) is 18.7 Å². The van der Waals surface area contributed by atoms with Crippen molar-refractivity contribution in [1.29, 1.82) is 0 Å². The highest BCUT2D eigenvalue weighted by Crippen LogP contribution is 2.19. The molecule has 1 atom stereocenters. The van der Waals surface area contributed by atoms with Gasteiger partial charge in [0.25, 0.3) is 5.91 Å². The quantitative estimate of drug-likeness (QED) is 0.675. The number of benzene rings is 2. The van der Waals surface area contributed by atoms with E-state index in [9.17, 15) is 9.59 Å². The van der Waals surface area contributed by atoms with Crippen molar-refractivity contribution < 1.29 is 14.3 Å². The molecule has 0 saturated heterocycles. The van der Waals surface area contributed by atoms with Crippen LogP contribution in [0.5, 0.6) is 5.75 Å². The molecule has 1 fully saturated rings. The van der Waals surface area contributed by atoms with E-state index >= 15 is 0 Å². The van der Waals surface area contributed by atoms with Crippen LogP contribution in [0.2, 0.25) is 0 Å². The molecule has 1 saturated carbocycles. The van der Waals surface area contributed by atoms with Crippen LogP contribution in [-0.4, -0.2) is 35.4 Å². The molecule has 0 radical (unpaired) electrons. The van der Waals surface area contributed by atoms with E-state index in [1.54, 1.807) is 4.90 Å². The van der Waals surface area contributed by atoms with Crippen molar-refractivity contribution in [1.82, 2.24) is 10.2 Å². The molecule has 0 aliphatic heterocycles. The van der Waals surface area contributed by atoms with Gasteiger partial charge in [-0.3, -0.25) is 9.59 Å². The number of aryl methyl sites for hydroxylation is 1. The second kappa shape index (κ2) is 10.8. The molecule has 5 nitrogen and oxygen atoms in total. The standard InChI is InChI=1S/C25H32N2O3/c1-3-23(25(29)26-21-13-7-8-14-21)27(17-20-11-5-4-6-12-20)24(28)18-30-22-15-9-10-19(2)16-22/h4-6,9-12,15-16,21,23H,3,7-8,13-14,17-18H2,1-2H3,(H,26,29)/t23-/m0/s1. The van der Waals surface area contributed by atoms with Gasteiger partial charge in [0.1, 0.15) is 11.8 Å². The Morgan fingerprint density at radius 3 is 2.50 bits per heavy atom. The molecule has 5 heteroatoms. The highest BCUT2D eigenvalue weighted by molar-refractivity contribution is 5.88. The van der Waals surface area contributed by atoms with E-state index in [4.69, 9.17) is 4.74 Å². The third kappa shape index (κ3) is 6.09. The molecule has 0 spiro atoms. The van der Waals surface area contributed by atoms with Gasteiger partial charge in [0.15, 0.2) is 6.61 Å². The summed E-state index contributed by atoms with van der Waals surface area (Å²) in [4.78, 5) is 27.9. The molecule has 2 amide bonds. The Labute approximate surface area is 179 Å². The summed E-state index contributed by atoms with van der Waals surface area (Å²) in [5.41, 5.74) is 2.07. The second-order valence-electron chi connectivity index (χ2n) is 8.03. The summed E-state index contributed by atoms with van der Waals surface area (Å²) in [6.07, 6.45) is 4.90. The van der Waals surface area contributed by atoms with E-state index in [0.717, 1.165) is 36.8 Å². The Morgan fingerprint density at radius 1 is 1.10 bits per heavy atom. The molecular formula is C25H32N2O3. The maximum atomic E-state index is 13.2. The molecule has 1 aliphatic rings. The van der Waals surface area contributed by atoms with Crippen LogP contribution in [0, 0.1) is 6.92 Å². The topological polar surface area (TPSA) is 58.6 Å². The third-order valence-corrected chi connectivity index (χ3v) is 5.64. The molecule has 160 valence electrons. The highest BCUT2D eigenvalue weighted by atomic mass is 16.5. The molecule has 0 unspecified atom stereocenters. The van der Waals surface area contributed by atoms with Crippen molar-refractivity contribution in [3.8, 4) is 5.75 Å². The van der Waals surface area contributed by atoms with E-state index < -0.39 is 6.04 Å². The van der Waals surface area contributed by atoms with Crippen molar-refractivity contribution in [2.45, 2.75) is 64.6 Å². The molecule has 1 N–H and O–H groups in total. The fourth-order valence-corrected chi connectivity index (χ4v) is 4.00. The number of carbonyl (C=O) groups excluding carboxylic acids is 2. The van der Waals surface area contributed by atoms with Gasteiger partial charge in [-0.05, 0) is 49.4 Å². The minimum absolute atomic E-state index is 0.0655. The van der Waals surface area contributed by atoms with E-state index in [2.05, 4.69) is 5.32 Å². The Morgan fingerprint density at radius 2 is 1.83 bits per heavy atom. The fourth-order valence-electron chi connectivity index (χ4n) is 4.00. The minimum Gasteiger partial charge on any atom is -0.484 e. The third-order valence-electron chi connectivity index (χ3n) is 5.64. The monoisotopic (exact) mass is 408 g/mol. The average molecular weight is 409 g/mol. The Balaban J connectivity index is 1.73. The lowest BCUT2D eigenvalue weighted by Crippen LogP contribution is -2.52. The minimum atomic E-state index is -0.514. The van der Waals surface area contributed by atoms with Crippen LogP contribution in [0.4, 0.5) is 0 Å². The predicted molar refractivity (Wildman–Crippen MR) is 118 cm³/mol. The van der Waals surface area contributed by atoms with Gasteiger partial charge in [0, 0.05) is 12.6 Å². The van der Waals surface area contributed by atoms with Gasteiger partial charge in [-0.25, -0.2) is 0 Å². The normalized spacial score (nSPS) is 14.9. The highest BCUT2D eigenvalue weighted by Gasteiger charge is 2.30. The van der Waals surface area contributed by atoms with Gasteiger partial charge in [0.05, 0.1) is 0 Å². The average Bonchev–Trinajstić information content (AvgIpc) is 3.25. The second-order valence-corrected chi connectivity index (χ2v) is 8.03. The summed E-state index contributed by atoms with van der Waals surface area (Å²) in [5.74, 6) is 0.407. The fraction of sp³-hybridized carbons (Fsp3) is 0.440. The Bertz CT molecular complexity index is 831. The molecule has 30 heavy (non-hydrogen) atoms. The number of nitrogens with zero attached hydrogens (tertiary/aromatic N) is 1. The summed E-state index contributed by atoms with van der Waals surface area (Å²) in [5, 5.41) is 3.16. The predicted octanol–water partition coefficient (Wildman–Crippen LogP) is 4.24. The van der Waals surface area contributed by atoms with Gasteiger partial charge in [-0.2, -0.15) is 0 Å². The first-order chi connectivity index (χ1) is 14.6. The van der Waals surface area contributed by atoms with Crippen molar-refractivity contribution in [3.05, 3.63) is 65.7 Å². The molecule has 0 bridgehead atoms. The summed E-state index contributed by atoms with van der Waals surface area (Å²) >= 11 is 0.